The number of ether oxygens (including phenoxy) is 2. The third-order valence-electron chi connectivity index (χ3n) is 5.41. The highest BCUT2D eigenvalue weighted by Gasteiger charge is 2.34. The first-order valence-electron chi connectivity index (χ1n) is 9.31. The van der Waals surface area contributed by atoms with E-state index in [-0.39, 0.29) is 17.6 Å². The van der Waals surface area contributed by atoms with Crippen LogP contribution in [0.15, 0.2) is 66.7 Å². The lowest BCUT2D eigenvalue weighted by atomic mass is 9.75. The van der Waals surface area contributed by atoms with E-state index in [1.807, 2.05) is 24.3 Å². The van der Waals surface area contributed by atoms with E-state index in [0.29, 0.717) is 13.2 Å². The van der Waals surface area contributed by atoms with E-state index in [4.69, 9.17) is 9.47 Å². The first kappa shape index (κ1) is 16.1. The standard InChI is InChI=1S/C23H21NO3/c25-17-7-9-21-18(13-17)23(19(14-27-21)15-4-2-1-3-5-15)16-6-8-22-20(12-16)24-10-11-26-22/h1-9,12-13,19,23-25H,10-11,14H2/t19-,23+/m0/s1. The van der Waals surface area contributed by atoms with Crippen molar-refractivity contribution in [1.29, 1.82) is 0 Å². The zero-order valence-electron chi connectivity index (χ0n) is 14.9. The SMILES string of the molecule is Oc1ccc2c(c1)[C@@H](c1ccc3c(c1)NCCO3)[C@H](c1ccccc1)CO2. The van der Waals surface area contributed by atoms with Gasteiger partial charge in [-0.2, -0.15) is 0 Å². The molecule has 0 aliphatic carbocycles. The molecule has 3 aromatic rings. The molecule has 0 fully saturated rings. The molecule has 0 bridgehead atoms. The topological polar surface area (TPSA) is 50.7 Å². The first-order valence-corrected chi connectivity index (χ1v) is 9.31. The molecule has 0 unspecified atom stereocenters. The molecular weight excluding hydrogens is 338 g/mol. The van der Waals surface area contributed by atoms with Crippen molar-refractivity contribution in [2.24, 2.45) is 0 Å². The summed E-state index contributed by atoms with van der Waals surface area (Å²) in [5.74, 6) is 2.26. The predicted molar refractivity (Wildman–Crippen MR) is 105 cm³/mol. The Balaban J connectivity index is 1.66. The lowest BCUT2D eigenvalue weighted by Gasteiger charge is -2.35. The number of hydrogen-bond donors (Lipinski definition) is 2. The van der Waals surface area contributed by atoms with Crippen molar-refractivity contribution in [3.63, 3.8) is 0 Å². The molecule has 2 aliphatic heterocycles. The second-order valence-electron chi connectivity index (χ2n) is 7.06. The van der Waals surface area contributed by atoms with Crippen LogP contribution in [0.3, 0.4) is 0 Å². The molecule has 5 rings (SSSR count). The molecule has 2 atom stereocenters. The van der Waals surface area contributed by atoms with Gasteiger partial charge in [-0.25, -0.2) is 0 Å². The van der Waals surface area contributed by atoms with Crippen LogP contribution in [0, 0.1) is 0 Å². The van der Waals surface area contributed by atoms with Crippen molar-refractivity contribution in [3.05, 3.63) is 83.4 Å². The summed E-state index contributed by atoms with van der Waals surface area (Å²) in [5, 5.41) is 13.5. The number of aromatic hydroxyl groups is 1. The van der Waals surface area contributed by atoms with Gasteiger partial charge in [0.25, 0.3) is 0 Å². The Labute approximate surface area is 158 Å². The summed E-state index contributed by atoms with van der Waals surface area (Å²) in [5.41, 5.74) is 4.47. The molecular formula is C23H21NO3. The predicted octanol–water partition coefficient (Wildman–Crippen LogP) is 4.50. The quantitative estimate of drug-likeness (QED) is 0.707. The van der Waals surface area contributed by atoms with Crippen molar-refractivity contribution in [3.8, 4) is 17.2 Å². The Bertz CT molecular complexity index is 971. The molecule has 2 aliphatic rings. The van der Waals surface area contributed by atoms with E-state index in [1.165, 1.54) is 11.1 Å². The molecule has 0 saturated carbocycles. The van der Waals surface area contributed by atoms with Crippen molar-refractivity contribution < 1.29 is 14.6 Å². The summed E-state index contributed by atoms with van der Waals surface area (Å²) >= 11 is 0. The van der Waals surface area contributed by atoms with Gasteiger partial charge in [-0.3, -0.25) is 0 Å². The highest BCUT2D eigenvalue weighted by Crippen LogP contribution is 2.48. The molecule has 3 aromatic carbocycles. The van der Waals surface area contributed by atoms with Crippen molar-refractivity contribution in [1.82, 2.24) is 0 Å². The van der Waals surface area contributed by atoms with Gasteiger partial charge in [-0.15, -0.1) is 0 Å². The van der Waals surface area contributed by atoms with Crippen molar-refractivity contribution in [2.75, 3.05) is 25.1 Å². The second kappa shape index (κ2) is 6.54. The summed E-state index contributed by atoms with van der Waals surface area (Å²) in [6.07, 6.45) is 0. The normalized spacial score (nSPS) is 20.4. The van der Waals surface area contributed by atoms with E-state index >= 15 is 0 Å². The molecule has 136 valence electrons. The Hall–Kier alpha value is -3.14. The van der Waals surface area contributed by atoms with Gasteiger partial charge < -0.3 is 19.9 Å². The van der Waals surface area contributed by atoms with Crippen molar-refractivity contribution in [2.45, 2.75) is 11.8 Å². The van der Waals surface area contributed by atoms with E-state index in [9.17, 15) is 5.11 Å². The summed E-state index contributed by atoms with van der Waals surface area (Å²) in [6, 6.07) is 22.2. The minimum absolute atomic E-state index is 0.0947. The molecule has 2 heterocycles. The third kappa shape index (κ3) is 2.87. The van der Waals surface area contributed by atoms with Gasteiger partial charge in [0, 0.05) is 23.9 Å². The zero-order chi connectivity index (χ0) is 18.2. The minimum Gasteiger partial charge on any atom is -0.508 e. The zero-order valence-corrected chi connectivity index (χ0v) is 14.9. The number of rotatable bonds is 2. The Morgan fingerprint density at radius 1 is 0.852 bits per heavy atom. The van der Waals surface area contributed by atoms with Gasteiger partial charge in [0.05, 0.1) is 12.3 Å². The second-order valence-corrected chi connectivity index (χ2v) is 7.06. The van der Waals surface area contributed by atoms with Gasteiger partial charge >= 0.3 is 0 Å². The Kier molecular flexibility index (Phi) is 3.89. The number of fused-ring (bicyclic) bond motifs is 2. The molecule has 4 nitrogen and oxygen atoms in total. The largest absolute Gasteiger partial charge is 0.508 e. The van der Waals surface area contributed by atoms with E-state index < -0.39 is 0 Å². The first-order chi connectivity index (χ1) is 13.3. The van der Waals surface area contributed by atoms with Crippen LogP contribution in [-0.2, 0) is 0 Å². The summed E-state index contributed by atoms with van der Waals surface area (Å²) in [6.45, 7) is 2.10. The maximum Gasteiger partial charge on any atom is 0.142 e. The fourth-order valence-electron chi connectivity index (χ4n) is 4.16. The Morgan fingerprint density at radius 3 is 2.59 bits per heavy atom. The van der Waals surface area contributed by atoms with Crippen LogP contribution in [0.25, 0.3) is 0 Å². The molecule has 0 spiro atoms. The van der Waals surface area contributed by atoms with Crippen LogP contribution >= 0.6 is 0 Å². The highest BCUT2D eigenvalue weighted by molar-refractivity contribution is 5.62. The average molecular weight is 359 g/mol. The maximum absolute atomic E-state index is 10.1. The van der Waals surface area contributed by atoms with Gasteiger partial charge in [-0.05, 0) is 41.5 Å². The van der Waals surface area contributed by atoms with E-state index in [1.54, 1.807) is 6.07 Å². The van der Waals surface area contributed by atoms with Crippen LogP contribution in [0.2, 0.25) is 0 Å². The summed E-state index contributed by atoms with van der Waals surface area (Å²) in [7, 11) is 0. The number of hydrogen-bond acceptors (Lipinski definition) is 4. The van der Waals surface area contributed by atoms with Crippen molar-refractivity contribution >= 4 is 5.69 Å². The monoisotopic (exact) mass is 359 g/mol. The molecule has 0 saturated heterocycles. The summed E-state index contributed by atoms with van der Waals surface area (Å²) in [4.78, 5) is 0. The number of benzene rings is 3. The molecule has 2 N–H and O–H groups in total. The van der Waals surface area contributed by atoms with Crippen LogP contribution in [0.4, 0.5) is 5.69 Å². The van der Waals surface area contributed by atoms with E-state index in [0.717, 1.165) is 29.3 Å². The average Bonchev–Trinajstić information content (AvgIpc) is 2.73. The fraction of sp³-hybridized carbons (Fsp3) is 0.217. The van der Waals surface area contributed by atoms with E-state index in [2.05, 4.69) is 41.7 Å². The Morgan fingerprint density at radius 2 is 1.70 bits per heavy atom. The van der Waals surface area contributed by atoms with Crippen LogP contribution in [-0.4, -0.2) is 24.9 Å². The van der Waals surface area contributed by atoms with Gasteiger partial charge in [0.15, 0.2) is 0 Å². The van der Waals surface area contributed by atoms with Crippen LogP contribution in [0.5, 0.6) is 17.2 Å². The lowest BCUT2D eigenvalue weighted by Crippen LogP contribution is -2.25. The molecule has 0 radical (unpaired) electrons. The minimum atomic E-state index is 0.0947. The number of anilines is 1. The number of phenolic OH excluding ortho intramolecular Hbond substituents is 1. The van der Waals surface area contributed by atoms with Gasteiger partial charge in [-0.1, -0.05) is 36.4 Å². The smallest absolute Gasteiger partial charge is 0.142 e. The number of phenols is 1. The van der Waals surface area contributed by atoms with Crippen LogP contribution < -0.4 is 14.8 Å². The summed E-state index contributed by atoms with van der Waals surface area (Å²) < 4.78 is 11.8. The molecule has 27 heavy (non-hydrogen) atoms. The van der Waals surface area contributed by atoms with Gasteiger partial charge in [0.1, 0.15) is 23.9 Å². The number of nitrogens with one attached hydrogen (secondary N) is 1. The van der Waals surface area contributed by atoms with Gasteiger partial charge in [0.2, 0.25) is 0 Å². The van der Waals surface area contributed by atoms with Crippen LogP contribution in [0.1, 0.15) is 28.5 Å². The lowest BCUT2D eigenvalue weighted by molar-refractivity contribution is 0.248. The fourth-order valence-corrected chi connectivity index (χ4v) is 4.16. The maximum atomic E-state index is 10.1. The molecule has 4 heteroatoms. The highest BCUT2D eigenvalue weighted by atomic mass is 16.5. The third-order valence-corrected chi connectivity index (χ3v) is 5.41. The molecule has 0 amide bonds. The molecule has 0 aromatic heterocycles.